The van der Waals surface area contributed by atoms with E-state index in [2.05, 4.69) is 48.0 Å². The molecule has 136 valence electrons. The van der Waals surface area contributed by atoms with Gasteiger partial charge in [-0.2, -0.15) is 0 Å². The predicted octanol–water partition coefficient (Wildman–Crippen LogP) is 3.16. The zero-order valence-electron chi connectivity index (χ0n) is 15.5. The molecule has 1 saturated heterocycles. The smallest absolute Gasteiger partial charge is 0.155 e. The van der Waals surface area contributed by atoms with Crippen LogP contribution in [0.5, 0.6) is 0 Å². The summed E-state index contributed by atoms with van der Waals surface area (Å²) in [5.41, 5.74) is 3.85. The number of nitrogens with one attached hydrogen (secondary N) is 2. The van der Waals surface area contributed by atoms with Crippen molar-refractivity contribution in [1.82, 2.24) is 9.88 Å². The third-order valence-corrected chi connectivity index (χ3v) is 6.05. The number of H-pyrrole nitrogens is 1. The predicted molar refractivity (Wildman–Crippen MR) is 104 cm³/mol. The average molecular weight is 352 g/mol. The summed E-state index contributed by atoms with van der Waals surface area (Å²) in [6, 6.07) is 16.7. The zero-order valence-corrected chi connectivity index (χ0v) is 15.5. The molecule has 2 N–H and O–H groups in total. The normalized spacial score (nSPS) is 24.2. The number of halogens is 1. The standard InChI is InChI=1S/C22H26FN3/c1-16-17(2)26(21-5-3-4-19-10-12-24-22(19)21)15-14-25(16)13-11-18-6-8-20(23)9-7-18/h3-10,12,16-17,24H,11,13-15H2,1-2H3/p+1. The van der Waals surface area contributed by atoms with Gasteiger partial charge in [-0.1, -0.05) is 24.3 Å². The van der Waals surface area contributed by atoms with Crippen LogP contribution in [0.3, 0.4) is 0 Å². The van der Waals surface area contributed by atoms with Crippen LogP contribution in [0.1, 0.15) is 19.4 Å². The molecule has 26 heavy (non-hydrogen) atoms. The summed E-state index contributed by atoms with van der Waals surface area (Å²) >= 11 is 0. The molecule has 0 spiro atoms. The van der Waals surface area contributed by atoms with E-state index < -0.39 is 0 Å². The minimum atomic E-state index is -0.161. The van der Waals surface area contributed by atoms with Gasteiger partial charge in [0.25, 0.3) is 0 Å². The highest BCUT2D eigenvalue weighted by Crippen LogP contribution is 2.20. The molecule has 2 heterocycles. The van der Waals surface area contributed by atoms with Crippen LogP contribution in [-0.2, 0) is 6.42 Å². The molecule has 3 nitrogen and oxygen atoms in total. The summed E-state index contributed by atoms with van der Waals surface area (Å²) in [5, 5.41) is 1.29. The minimum Gasteiger partial charge on any atom is -0.356 e. The van der Waals surface area contributed by atoms with Gasteiger partial charge < -0.3 is 4.98 Å². The van der Waals surface area contributed by atoms with E-state index in [-0.39, 0.29) is 5.82 Å². The maximum absolute atomic E-state index is 13.1. The van der Waals surface area contributed by atoms with Crippen molar-refractivity contribution < 1.29 is 9.29 Å². The second kappa shape index (κ2) is 7.22. The lowest BCUT2D eigenvalue weighted by Crippen LogP contribution is -3.15. The quantitative estimate of drug-likeness (QED) is 0.740. The van der Waals surface area contributed by atoms with Crippen molar-refractivity contribution in [2.75, 3.05) is 19.6 Å². The monoisotopic (exact) mass is 352 g/mol. The lowest BCUT2D eigenvalue weighted by Gasteiger charge is -2.42. The van der Waals surface area contributed by atoms with E-state index in [4.69, 9.17) is 0 Å². The van der Waals surface area contributed by atoms with Crippen molar-refractivity contribution in [3.63, 3.8) is 0 Å². The van der Waals surface area contributed by atoms with Gasteiger partial charge >= 0.3 is 0 Å². The summed E-state index contributed by atoms with van der Waals surface area (Å²) in [5.74, 6) is -0.161. The van der Waals surface area contributed by atoms with Crippen LogP contribution in [0.2, 0.25) is 0 Å². The molecular formula is C22H27FN3+. The number of para-hydroxylation sites is 1. The number of quaternary nitrogens is 1. The number of fused-ring (bicyclic) bond motifs is 1. The Morgan fingerprint density at radius 2 is 1.92 bits per heavy atom. The summed E-state index contributed by atoms with van der Waals surface area (Å²) in [7, 11) is 0. The zero-order chi connectivity index (χ0) is 18.1. The van der Waals surface area contributed by atoms with Crippen LogP contribution in [0.25, 0.3) is 10.9 Å². The third-order valence-electron chi connectivity index (χ3n) is 6.05. The number of benzene rings is 2. The van der Waals surface area contributed by atoms with E-state index in [9.17, 15) is 4.39 Å². The number of hydrogen-bond acceptors (Lipinski definition) is 1. The minimum absolute atomic E-state index is 0.161. The van der Waals surface area contributed by atoms with Gasteiger partial charge in [-0.05, 0) is 44.0 Å². The molecule has 3 aromatic rings. The van der Waals surface area contributed by atoms with E-state index >= 15 is 0 Å². The van der Waals surface area contributed by atoms with Crippen LogP contribution in [0, 0.1) is 5.82 Å². The van der Waals surface area contributed by atoms with Crippen LogP contribution in [0.15, 0.2) is 54.7 Å². The largest absolute Gasteiger partial charge is 0.356 e. The van der Waals surface area contributed by atoms with Crippen LogP contribution < -0.4 is 4.90 Å². The Hall–Kier alpha value is -2.17. The molecule has 3 unspecified atom stereocenters. The van der Waals surface area contributed by atoms with Gasteiger partial charge in [0.15, 0.2) is 5.69 Å². The number of aromatic amines is 1. The highest BCUT2D eigenvalue weighted by atomic mass is 19.1. The molecule has 4 rings (SSSR count). The summed E-state index contributed by atoms with van der Waals surface area (Å²) in [6.07, 6.45) is 3.00. The van der Waals surface area contributed by atoms with Gasteiger partial charge in [0.05, 0.1) is 12.6 Å². The topological polar surface area (TPSA) is 23.5 Å². The molecule has 0 radical (unpaired) electrons. The van der Waals surface area contributed by atoms with E-state index in [1.54, 1.807) is 17.0 Å². The molecule has 0 amide bonds. The first-order chi connectivity index (χ1) is 12.6. The Labute approximate surface area is 154 Å². The Balaban J connectivity index is 1.46. The molecule has 4 heteroatoms. The fourth-order valence-corrected chi connectivity index (χ4v) is 4.27. The first-order valence-corrected chi connectivity index (χ1v) is 9.54. The van der Waals surface area contributed by atoms with Crippen LogP contribution >= 0.6 is 0 Å². The molecule has 1 aliphatic heterocycles. The molecule has 0 bridgehead atoms. The highest BCUT2D eigenvalue weighted by molar-refractivity contribution is 5.87. The van der Waals surface area contributed by atoms with Gasteiger partial charge in [0.2, 0.25) is 0 Å². The van der Waals surface area contributed by atoms with Crippen molar-refractivity contribution in [3.05, 3.63) is 66.1 Å². The number of nitrogens with zero attached hydrogens (tertiary/aromatic N) is 1. The molecule has 0 saturated carbocycles. The second-order valence-electron chi connectivity index (χ2n) is 7.46. The Morgan fingerprint density at radius 3 is 2.73 bits per heavy atom. The lowest BCUT2D eigenvalue weighted by atomic mass is 10.0. The molecule has 0 aliphatic carbocycles. The van der Waals surface area contributed by atoms with Gasteiger partial charge in [-0.15, -0.1) is 0 Å². The Morgan fingerprint density at radius 1 is 1.12 bits per heavy atom. The lowest BCUT2D eigenvalue weighted by molar-refractivity contribution is -0.867. The Kier molecular flexibility index (Phi) is 4.79. The number of aromatic nitrogens is 1. The summed E-state index contributed by atoms with van der Waals surface area (Å²) in [4.78, 5) is 7.55. The highest BCUT2D eigenvalue weighted by Gasteiger charge is 2.35. The first kappa shape index (κ1) is 17.3. The van der Waals surface area contributed by atoms with Gasteiger partial charge in [0.1, 0.15) is 17.4 Å². The third kappa shape index (κ3) is 3.27. The van der Waals surface area contributed by atoms with E-state index in [1.807, 2.05) is 18.3 Å². The van der Waals surface area contributed by atoms with Gasteiger partial charge in [0, 0.05) is 30.7 Å². The Bertz CT molecular complexity index is 870. The van der Waals surface area contributed by atoms with Crippen LogP contribution in [-0.4, -0.2) is 41.6 Å². The van der Waals surface area contributed by atoms with Crippen molar-refractivity contribution in [3.8, 4) is 0 Å². The molecule has 1 aromatic heterocycles. The van der Waals surface area contributed by atoms with Crippen molar-refractivity contribution >= 4 is 16.6 Å². The van der Waals surface area contributed by atoms with E-state index in [0.29, 0.717) is 12.1 Å². The second-order valence-corrected chi connectivity index (χ2v) is 7.46. The average Bonchev–Trinajstić information content (AvgIpc) is 3.13. The van der Waals surface area contributed by atoms with Gasteiger partial charge in [-0.25, -0.2) is 4.39 Å². The van der Waals surface area contributed by atoms with Gasteiger partial charge in [-0.3, -0.25) is 9.80 Å². The van der Waals surface area contributed by atoms with Crippen molar-refractivity contribution in [1.29, 1.82) is 0 Å². The maximum Gasteiger partial charge on any atom is 0.155 e. The van der Waals surface area contributed by atoms with Crippen molar-refractivity contribution in [2.24, 2.45) is 0 Å². The molecule has 3 atom stereocenters. The fourth-order valence-electron chi connectivity index (χ4n) is 4.27. The SMILES string of the molecule is CC1C(C)[NH+](c2cccc3cc[nH]c23)CCN1CCc1ccc(F)cc1. The van der Waals surface area contributed by atoms with E-state index in [0.717, 1.165) is 26.1 Å². The number of rotatable bonds is 4. The maximum atomic E-state index is 13.1. The number of hydrogen-bond donors (Lipinski definition) is 2. The van der Waals surface area contributed by atoms with Crippen LogP contribution in [0.4, 0.5) is 10.1 Å². The molecular weight excluding hydrogens is 325 g/mol. The van der Waals surface area contributed by atoms with E-state index in [1.165, 1.54) is 22.2 Å². The number of piperazine rings is 1. The molecule has 2 aromatic carbocycles. The summed E-state index contributed by atoms with van der Waals surface area (Å²) < 4.78 is 13.1. The molecule has 1 fully saturated rings. The fraction of sp³-hybridized carbons (Fsp3) is 0.364. The molecule has 1 aliphatic rings. The van der Waals surface area contributed by atoms with Crippen molar-refractivity contribution in [2.45, 2.75) is 32.4 Å². The first-order valence-electron chi connectivity index (χ1n) is 9.54. The summed E-state index contributed by atoms with van der Waals surface area (Å²) in [6.45, 7) is 7.90.